The number of rotatable bonds is 8. The number of hydrogen-bond acceptors (Lipinski definition) is 3. The fourth-order valence-corrected chi connectivity index (χ4v) is 1.71. The molecule has 1 atom stereocenters. The van der Waals surface area contributed by atoms with E-state index >= 15 is 0 Å². The van der Waals surface area contributed by atoms with E-state index in [0.29, 0.717) is 6.61 Å². The molecular weight excluding hydrogens is 271 g/mol. The van der Waals surface area contributed by atoms with Crippen molar-refractivity contribution in [2.24, 2.45) is 0 Å². The van der Waals surface area contributed by atoms with E-state index in [1.54, 1.807) is 12.1 Å². The van der Waals surface area contributed by atoms with E-state index in [9.17, 15) is 13.2 Å². The lowest BCUT2D eigenvalue weighted by Crippen LogP contribution is -2.19. The highest BCUT2D eigenvalue weighted by Crippen LogP contribution is 2.23. The van der Waals surface area contributed by atoms with Crippen LogP contribution in [0.1, 0.15) is 25.3 Å². The van der Waals surface area contributed by atoms with Gasteiger partial charge in [-0.05, 0) is 44.1 Å². The molecule has 0 radical (unpaired) electrons. The third kappa shape index (κ3) is 6.77. The van der Waals surface area contributed by atoms with Crippen LogP contribution in [-0.2, 0) is 11.3 Å². The summed E-state index contributed by atoms with van der Waals surface area (Å²) in [5, 5.41) is 3.06. The molecule has 0 spiro atoms. The quantitative estimate of drug-likeness (QED) is 0.795. The molecule has 1 N–H and O–H groups in total. The molecule has 20 heavy (non-hydrogen) atoms. The normalized spacial score (nSPS) is 13.2. The highest BCUT2D eigenvalue weighted by Gasteiger charge is 2.30. The van der Waals surface area contributed by atoms with Crippen LogP contribution < -0.4 is 10.1 Å². The van der Waals surface area contributed by atoms with Crippen molar-refractivity contribution in [3.05, 3.63) is 29.8 Å². The van der Waals surface area contributed by atoms with Crippen LogP contribution in [0.15, 0.2) is 24.3 Å². The van der Waals surface area contributed by atoms with Gasteiger partial charge in [0.25, 0.3) is 0 Å². The standard InChI is InChI=1S/C14H20F3NO2/c1-3-12(8-9-18-2)19-10-11-4-6-13(7-5-11)20-14(15,16)17/h4-7,12,18H,3,8-10H2,1-2H3. The molecule has 1 unspecified atom stereocenters. The number of alkyl halides is 3. The maximum absolute atomic E-state index is 12.0. The van der Waals surface area contributed by atoms with E-state index in [1.165, 1.54) is 12.1 Å². The van der Waals surface area contributed by atoms with E-state index in [-0.39, 0.29) is 11.9 Å². The highest BCUT2D eigenvalue weighted by molar-refractivity contribution is 5.27. The summed E-state index contributed by atoms with van der Waals surface area (Å²) in [4.78, 5) is 0. The van der Waals surface area contributed by atoms with Gasteiger partial charge in [0.15, 0.2) is 0 Å². The Hall–Kier alpha value is -1.27. The summed E-state index contributed by atoms with van der Waals surface area (Å²) in [7, 11) is 1.88. The number of hydrogen-bond donors (Lipinski definition) is 1. The largest absolute Gasteiger partial charge is 0.573 e. The summed E-state index contributed by atoms with van der Waals surface area (Å²) in [5.41, 5.74) is 0.822. The number of benzene rings is 1. The number of ether oxygens (including phenoxy) is 2. The first-order valence-electron chi connectivity index (χ1n) is 6.55. The van der Waals surface area contributed by atoms with Crippen molar-refractivity contribution >= 4 is 0 Å². The predicted octanol–water partition coefficient (Wildman–Crippen LogP) is 3.49. The molecule has 0 saturated carbocycles. The van der Waals surface area contributed by atoms with Gasteiger partial charge in [0.1, 0.15) is 5.75 Å². The molecular formula is C14H20F3NO2. The average Bonchev–Trinajstić information content (AvgIpc) is 2.39. The molecule has 0 fully saturated rings. The second kappa shape index (κ2) is 8.11. The van der Waals surface area contributed by atoms with Crippen LogP contribution >= 0.6 is 0 Å². The smallest absolute Gasteiger partial charge is 0.406 e. The first kappa shape index (κ1) is 16.8. The zero-order chi connectivity index (χ0) is 15.0. The zero-order valence-electron chi connectivity index (χ0n) is 11.7. The highest BCUT2D eigenvalue weighted by atomic mass is 19.4. The van der Waals surface area contributed by atoms with Crippen LogP contribution in [0.3, 0.4) is 0 Å². The molecule has 0 heterocycles. The summed E-state index contributed by atoms with van der Waals surface area (Å²) >= 11 is 0. The van der Waals surface area contributed by atoms with Crippen LogP contribution in [0.25, 0.3) is 0 Å². The van der Waals surface area contributed by atoms with Gasteiger partial charge >= 0.3 is 6.36 Å². The summed E-state index contributed by atoms with van der Waals surface area (Å²) < 4.78 is 45.5. The maximum Gasteiger partial charge on any atom is 0.573 e. The van der Waals surface area contributed by atoms with Gasteiger partial charge in [0.2, 0.25) is 0 Å². The SMILES string of the molecule is CCC(CCNC)OCc1ccc(OC(F)(F)F)cc1. The molecule has 1 aromatic rings. The van der Waals surface area contributed by atoms with E-state index in [0.717, 1.165) is 24.9 Å². The van der Waals surface area contributed by atoms with Crippen LogP contribution in [-0.4, -0.2) is 26.1 Å². The average molecular weight is 291 g/mol. The van der Waals surface area contributed by atoms with Crippen molar-refractivity contribution in [2.45, 2.75) is 38.8 Å². The summed E-state index contributed by atoms with van der Waals surface area (Å²) in [5.74, 6) is -0.219. The number of nitrogens with one attached hydrogen (secondary N) is 1. The van der Waals surface area contributed by atoms with Crippen LogP contribution in [0.2, 0.25) is 0 Å². The Morgan fingerprint density at radius 1 is 1.20 bits per heavy atom. The second-order valence-electron chi connectivity index (χ2n) is 4.43. The summed E-state index contributed by atoms with van der Waals surface area (Å²) in [6.07, 6.45) is -2.70. The van der Waals surface area contributed by atoms with Crippen molar-refractivity contribution in [1.29, 1.82) is 0 Å². The molecule has 0 amide bonds. The minimum absolute atomic E-state index is 0.147. The minimum Gasteiger partial charge on any atom is -0.406 e. The Kier molecular flexibility index (Phi) is 6.81. The van der Waals surface area contributed by atoms with Crippen molar-refractivity contribution in [2.75, 3.05) is 13.6 Å². The van der Waals surface area contributed by atoms with Gasteiger partial charge in [-0.1, -0.05) is 19.1 Å². The van der Waals surface area contributed by atoms with E-state index in [2.05, 4.69) is 10.1 Å². The molecule has 0 saturated heterocycles. The molecule has 3 nitrogen and oxygen atoms in total. The Balaban J connectivity index is 2.44. The zero-order valence-corrected chi connectivity index (χ0v) is 11.7. The van der Waals surface area contributed by atoms with Gasteiger partial charge in [-0.15, -0.1) is 13.2 Å². The molecule has 0 aliphatic heterocycles. The van der Waals surface area contributed by atoms with Crippen LogP contribution in [0.4, 0.5) is 13.2 Å². The first-order chi connectivity index (χ1) is 9.44. The molecule has 0 aliphatic carbocycles. The van der Waals surface area contributed by atoms with Crippen molar-refractivity contribution in [1.82, 2.24) is 5.32 Å². The van der Waals surface area contributed by atoms with Crippen LogP contribution in [0.5, 0.6) is 5.75 Å². The first-order valence-corrected chi connectivity index (χ1v) is 6.55. The molecule has 0 aliphatic rings. The van der Waals surface area contributed by atoms with Gasteiger partial charge < -0.3 is 14.8 Å². The molecule has 6 heteroatoms. The molecule has 1 rings (SSSR count). The van der Waals surface area contributed by atoms with Gasteiger partial charge in [0, 0.05) is 0 Å². The van der Waals surface area contributed by atoms with Gasteiger partial charge in [-0.2, -0.15) is 0 Å². The van der Waals surface area contributed by atoms with Crippen molar-refractivity contribution < 1.29 is 22.6 Å². The monoisotopic (exact) mass is 291 g/mol. The lowest BCUT2D eigenvalue weighted by Gasteiger charge is -2.16. The van der Waals surface area contributed by atoms with E-state index < -0.39 is 6.36 Å². The number of halogens is 3. The third-order valence-corrected chi connectivity index (χ3v) is 2.81. The molecule has 1 aromatic carbocycles. The van der Waals surface area contributed by atoms with E-state index in [1.807, 2.05) is 14.0 Å². The summed E-state index contributed by atoms with van der Waals surface area (Å²) in [6, 6.07) is 5.74. The van der Waals surface area contributed by atoms with Crippen molar-refractivity contribution in [3.63, 3.8) is 0 Å². The van der Waals surface area contributed by atoms with Gasteiger partial charge in [-0.3, -0.25) is 0 Å². The Bertz CT molecular complexity index is 379. The Labute approximate surface area is 117 Å². The van der Waals surface area contributed by atoms with Gasteiger partial charge in [-0.25, -0.2) is 0 Å². The fraction of sp³-hybridized carbons (Fsp3) is 0.571. The minimum atomic E-state index is -4.65. The molecule has 0 aromatic heterocycles. The third-order valence-electron chi connectivity index (χ3n) is 2.81. The predicted molar refractivity (Wildman–Crippen MR) is 70.5 cm³/mol. The topological polar surface area (TPSA) is 30.5 Å². The van der Waals surface area contributed by atoms with Crippen molar-refractivity contribution in [3.8, 4) is 5.75 Å². The fourth-order valence-electron chi connectivity index (χ4n) is 1.71. The van der Waals surface area contributed by atoms with Gasteiger partial charge in [0.05, 0.1) is 12.7 Å². The summed E-state index contributed by atoms with van der Waals surface area (Å²) in [6.45, 7) is 3.30. The van der Waals surface area contributed by atoms with Crippen LogP contribution in [0, 0.1) is 0 Å². The maximum atomic E-state index is 12.0. The molecule has 114 valence electrons. The Morgan fingerprint density at radius 2 is 1.85 bits per heavy atom. The second-order valence-corrected chi connectivity index (χ2v) is 4.43. The lowest BCUT2D eigenvalue weighted by molar-refractivity contribution is -0.274. The lowest BCUT2D eigenvalue weighted by atomic mass is 10.2. The van der Waals surface area contributed by atoms with E-state index in [4.69, 9.17) is 4.74 Å². The Morgan fingerprint density at radius 3 is 2.35 bits per heavy atom. The molecule has 0 bridgehead atoms.